The van der Waals surface area contributed by atoms with Crippen molar-refractivity contribution in [1.29, 1.82) is 0 Å². The van der Waals surface area contributed by atoms with Gasteiger partial charge in [-0.3, -0.25) is 9.59 Å². The van der Waals surface area contributed by atoms with Gasteiger partial charge in [0.2, 0.25) is 5.91 Å². The van der Waals surface area contributed by atoms with Crippen molar-refractivity contribution in [1.82, 2.24) is 30.1 Å². The van der Waals surface area contributed by atoms with Crippen LogP contribution in [0.3, 0.4) is 0 Å². The summed E-state index contributed by atoms with van der Waals surface area (Å²) >= 11 is 0. The highest BCUT2D eigenvalue weighted by Gasteiger charge is 2.36. The van der Waals surface area contributed by atoms with Crippen LogP contribution < -0.4 is 5.32 Å². The highest BCUT2D eigenvalue weighted by Crippen LogP contribution is 2.30. The summed E-state index contributed by atoms with van der Waals surface area (Å²) in [7, 11) is 1.71. The fourth-order valence-corrected chi connectivity index (χ4v) is 6.44. The van der Waals surface area contributed by atoms with Crippen molar-refractivity contribution in [3.05, 3.63) is 40.7 Å². The van der Waals surface area contributed by atoms with Crippen LogP contribution in [0.5, 0.6) is 0 Å². The van der Waals surface area contributed by atoms with Crippen LogP contribution in [0, 0.1) is 5.92 Å². The van der Waals surface area contributed by atoms with Crippen molar-refractivity contribution in [2.45, 2.75) is 64.3 Å². The van der Waals surface area contributed by atoms with Gasteiger partial charge in [0, 0.05) is 52.5 Å². The molecule has 1 aromatic carbocycles. The molecule has 0 bridgehead atoms. The number of aromatic nitrogens is 3. The first kappa shape index (κ1) is 28.7. The van der Waals surface area contributed by atoms with E-state index in [9.17, 15) is 9.59 Å². The Hall–Kier alpha value is -2.82. The molecule has 0 unspecified atom stereocenters. The number of unbranched alkanes of at least 4 members (excludes halogenated alkanes) is 1. The van der Waals surface area contributed by atoms with Crippen molar-refractivity contribution >= 4 is 11.8 Å². The number of carbonyl (C=O) groups excluding carboxylic acids is 2. The molecule has 1 aromatic heterocycles. The number of hydrogen-bond donors (Lipinski definition) is 1. The molecule has 0 saturated carbocycles. The van der Waals surface area contributed by atoms with Gasteiger partial charge in [-0.2, -0.15) is 0 Å². The van der Waals surface area contributed by atoms with E-state index in [2.05, 4.69) is 40.8 Å². The highest BCUT2D eigenvalue weighted by molar-refractivity contribution is 5.94. The first-order valence-corrected chi connectivity index (χ1v) is 15.0. The zero-order chi connectivity index (χ0) is 27.9. The summed E-state index contributed by atoms with van der Waals surface area (Å²) in [5.74, 6) is -0.0825. The van der Waals surface area contributed by atoms with Crippen LogP contribution in [0.1, 0.15) is 66.3 Å². The molecule has 2 saturated heterocycles. The van der Waals surface area contributed by atoms with Crippen molar-refractivity contribution in [3.63, 3.8) is 0 Å². The Labute approximate surface area is 237 Å². The van der Waals surface area contributed by atoms with Gasteiger partial charge in [0.15, 0.2) is 5.69 Å². The van der Waals surface area contributed by atoms with Gasteiger partial charge in [-0.1, -0.05) is 24.3 Å². The van der Waals surface area contributed by atoms with Crippen molar-refractivity contribution in [2.75, 3.05) is 59.7 Å². The number of piperidine rings is 1. The molecule has 10 heteroatoms. The molecule has 3 heterocycles. The SMILES string of the molecule is CCCN(C(=O)c1nnn(-c2cccc3c2CCC3)c1CCCCOC)[C@@H]1CNC[C@H](C(=O)N2CCOCC2)C1. The van der Waals surface area contributed by atoms with E-state index in [4.69, 9.17) is 9.47 Å². The molecular formula is C30H44N6O4. The lowest BCUT2D eigenvalue weighted by Gasteiger charge is -2.39. The number of ether oxygens (including phenoxy) is 2. The summed E-state index contributed by atoms with van der Waals surface area (Å²) in [6.45, 7) is 7.13. The second kappa shape index (κ2) is 13.7. The number of rotatable bonds is 11. The number of methoxy groups -OCH3 is 1. The van der Waals surface area contributed by atoms with E-state index in [1.54, 1.807) is 7.11 Å². The Kier molecular flexibility index (Phi) is 9.83. The number of benzene rings is 1. The van der Waals surface area contributed by atoms with E-state index in [1.807, 2.05) is 14.5 Å². The normalized spacial score (nSPS) is 20.9. The summed E-state index contributed by atoms with van der Waals surface area (Å²) in [4.78, 5) is 31.4. The maximum atomic E-state index is 14.2. The minimum atomic E-state index is -0.153. The lowest BCUT2D eigenvalue weighted by Crippen LogP contribution is -2.55. The fraction of sp³-hybridized carbons (Fsp3) is 0.667. The van der Waals surface area contributed by atoms with Gasteiger partial charge in [0.1, 0.15) is 0 Å². The molecule has 2 atom stereocenters. The van der Waals surface area contributed by atoms with Gasteiger partial charge in [-0.25, -0.2) is 4.68 Å². The Morgan fingerprint density at radius 1 is 1.18 bits per heavy atom. The predicted molar refractivity (Wildman–Crippen MR) is 152 cm³/mol. The van der Waals surface area contributed by atoms with Crippen molar-refractivity contribution in [3.8, 4) is 5.69 Å². The topological polar surface area (TPSA) is 102 Å². The summed E-state index contributed by atoms with van der Waals surface area (Å²) in [6, 6.07) is 6.30. The smallest absolute Gasteiger partial charge is 0.276 e. The molecule has 0 radical (unpaired) electrons. The summed E-state index contributed by atoms with van der Waals surface area (Å²) in [5.41, 5.74) is 5.02. The van der Waals surface area contributed by atoms with E-state index in [1.165, 1.54) is 11.1 Å². The summed E-state index contributed by atoms with van der Waals surface area (Å²) in [5, 5.41) is 12.5. The molecule has 2 amide bonds. The zero-order valence-electron chi connectivity index (χ0n) is 24.1. The number of nitrogens with zero attached hydrogens (tertiary/aromatic N) is 5. The molecule has 2 aliphatic heterocycles. The Morgan fingerprint density at radius 3 is 2.83 bits per heavy atom. The van der Waals surface area contributed by atoms with Crippen LogP contribution in [0.2, 0.25) is 0 Å². The standard InChI is InChI=1S/C30H44N6O4/c1-3-13-35(24-19-23(20-31-21-24)29(37)34-14-17-40-18-15-34)30(38)28-27(11-4-5-16-39-2)36(33-32-28)26-12-7-9-22-8-6-10-25(22)26/h7,9,12,23-24,31H,3-6,8,10-11,13-21H2,1-2H3/t23-,24+/m1/s1. The second-order valence-electron chi connectivity index (χ2n) is 11.2. The number of aryl methyl sites for hydroxylation is 1. The largest absolute Gasteiger partial charge is 0.385 e. The summed E-state index contributed by atoms with van der Waals surface area (Å²) < 4.78 is 12.6. The quantitative estimate of drug-likeness (QED) is 0.427. The third-order valence-corrected chi connectivity index (χ3v) is 8.49. The Balaban J connectivity index is 1.40. The van der Waals surface area contributed by atoms with Crippen LogP contribution in [0.15, 0.2) is 18.2 Å². The van der Waals surface area contributed by atoms with Gasteiger partial charge < -0.3 is 24.6 Å². The average Bonchev–Trinajstić information content (AvgIpc) is 3.65. The molecule has 40 heavy (non-hydrogen) atoms. The molecule has 1 N–H and O–H groups in total. The molecule has 5 rings (SSSR count). The Bertz CT molecular complexity index is 1160. The van der Waals surface area contributed by atoms with Gasteiger partial charge in [0.25, 0.3) is 5.91 Å². The minimum absolute atomic E-state index is 0.0799. The van der Waals surface area contributed by atoms with E-state index < -0.39 is 0 Å². The maximum absolute atomic E-state index is 14.2. The van der Waals surface area contributed by atoms with Crippen molar-refractivity contribution in [2.24, 2.45) is 5.92 Å². The lowest BCUT2D eigenvalue weighted by molar-refractivity contribution is -0.140. The van der Waals surface area contributed by atoms with Crippen LogP contribution in [0.25, 0.3) is 5.69 Å². The third-order valence-electron chi connectivity index (χ3n) is 8.49. The predicted octanol–water partition coefficient (Wildman–Crippen LogP) is 2.41. The lowest BCUT2D eigenvalue weighted by atomic mass is 9.92. The third kappa shape index (κ3) is 6.24. The highest BCUT2D eigenvalue weighted by atomic mass is 16.5. The molecule has 10 nitrogen and oxygen atoms in total. The van der Waals surface area contributed by atoms with Gasteiger partial charge in [0.05, 0.1) is 30.5 Å². The first-order chi connectivity index (χ1) is 19.6. The number of fused-ring (bicyclic) bond motifs is 1. The van der Waals surface area contributed by atoms with Crippen LogP contribution >= 0.6 is 0 Å². The number of hydrogen-bond acceptors (Lipinski definition) is 7. The van der Waals surface area contributed by atoms with E-state index >= 15 is 0 Å². The van der Waals surface area contributed by atoms with Crippen molar-refractivity contribution < 1.29 is 19.1 Å². The fourth-order valence-electron chi connectivity index (χ4n) is 6.44. The molecule has 0 spiro atoms. The molecular weight excluding hydrogens is 508 g/mol. The molecule has 218 valence electrons. The number of nitrogens with one attached hydrogen (secondary N) is 1. The first-order valence-electron chi connectivity index (χ1n) is 15.0. The van der Waals surface area contributed by atoms with Crippen LogP contribution in [-0.4, -0.2) is 102 Å². The molecule has 3 aliphatic rings. The minimum Gasteiger partial charge on any atom is -0.385 e. The van der Waals surface area contributed by atoms with Crippen LogP contribution in [0.4, 0.5) is 0 Å². The molecule has 2 aromatic rings. The van der Waals surface area contributed by atoms with Gasteiger partial charge in [-0.15, -0.1) is 5.10 Å². The maximum Gasteiger partial charge on any atom is 0.276 e. The van der Waals surface area contributed by atoms with E-state index in [-0.39, 0.29) is 23.8 Å². The van der Waals surface area contributed by atoms with Gasteiger partial charge >= 0.3 is 0 Å². The monoisotopic (exact) mass is 552 g/mol. The molecule has 1 aliphatic carbocycles. The van der Waals surface area contributed by atoms with Gasteiger partial charge in [-0.05, 0) is 68.6 Å². The summed E-state index contributed by atoms with van der Waals surface area (Å²) in [6.07, 6.45) is 7.19. The zero-order valence-corrected chi connectivity index (χ0v) is 24.1. The number of carbonyl (C=O) groups is 2. The van der Waals surface area contributed by atoms with E-state index in [0.717, 1.165) is 49.9 Å². The average molecular weight is 553 g/mol. The number of amides is 2. The Morgan fingerprint density at radius 2 is 2.02 bits per heavy atom. The van der Waals surface area contributed by atoms with E-state index in [0.29, 0.717) is 71.1 Å². The second-order valence-corrected chi connectivity index (χ2v) is 11.2. The van der Waals surface area contributed by atoms with Crippen LogP contribution in [-0.2, 0) is 33.5 Å². The molecule has 2 fully saturated rings. The number of morpholine rings is 1.